The maximum Gasteiger partial charge on any atom is 0.163 e. The first-order chi connectivity index (χ1) is 9.83. The van der Waals surface area contributed by atoms with Crippen molar-refractivity contribution < 1.29 is 14.6 Å². The molecule has 2 rings (SSSR count). The minimum atomic E-state index is -0.0413. The minimum absolute atomic E-state index is 0.0413. The molecule has 2 N–H and O–H groups in total. The highest BCUT2D eigenvalue weighted by Crippen LogP contribution is 2.30. The van der Waals surface area contributed by atoms with E-state index in [0.717, 1.165) is 11.4 Å². The molecule has 1 aromatic heterocycles. The van der Waals surface area contributed by atoms with Crippen molar-refractivity contribution >= 4 is 5.69 Å². The van der Waals surface area contributed by atoms with Crippen LogP contribution in [0.15, 0.2) is 36.8 Å². The number of nitrogens with one attached hydrogen (secondary N) is 1. The highest BCUT2D eigenvalue weighted by molar-refractivity contribution is 5.54. The summed E-state index contributed by atoms with van der Waals surface area (Å²) < 4.78 is 10.6. The standard InChI is InChI=1S/C14H17N3O3/c1-19-13-3-2-11(8-14(13)20-7-6-18)17-10-12-9-15-4-5-16-12/h2-5,8-9,17-18H,6-7,10H2,1H3. The van der Waals surface area contributed by atoms with E-state index in [9.17, 15) is 0 Å². The number of aliphatic hydroxyl groups excluding tert-OH is 1. The fourth-order valence-corrected chi connectivity index (χ4v) is 1.67. The lowest BCUT2D eigenvalue weighted by Crippen LogP contribution is -2.05. The lowest BCUT2D eigenvalue weighted by molar-refractivity contribution is 0.196. The third-order valence-electron chi connectivity index (χ3n) is 2.60. The van der Waals surface area contributed by atoms with E-state index in [1.807, 2.05) is 18.2 Å². The van der Waals surface area contributed by atoms with Gasteiger partial charge in [-0.2, -0.15) is 0 Å². The van der Waals surface area contributed by atoms with Crippen LogP contribution in [0, 0.1) is 0 Å². The molecule has 0 amide bonds. The third-order valence-corrected chi connectivity index (χ3v) is 2.60. The number of aromatic nitrogens is 2. The van der Waals surface area contributed by atoms with Crippen LogP contribution in [0.2, 0.25) is 0 Å². The van der Waals surface area contributed by atoms with Crippen molar-refractivity contribution in [1.82, 2.24) is 9.97 Å². The van der Waals surface area contributed by atoms with Crippen molar-refractivity contribution in [3.8, 4) is 11.5 Å². The van der Waals surface area contributed by atoms with Crippen molar-refractivity contribution in [1.29, 1.82) is 0 Å². The first-order valence-corrected chi connectivity index (χ1v) is 6.24. The van der Waals surface area contributed by atoms with E-state index in [0.29, 0.717) is 18.0 Å². The normalized spacial score (nSPS) is 10.1. The maximum absolute atomic E-state index is 8.82. The molecule has 0 aliphatic carbocycles. The zero-order chi connectivity index (χ0) is 14.2. The number of hydrogen-bond acceptors (Lipinski definition) is 6. The average Bonchev–Trinajstić information content (AvgIpc) is 2.52. The maximum atomic E-state index is 8.82. The molecule has 106 valence electrons. The van der Waals surface area contributed by atoms with Crippen LogP contribution in [0.25, 0.3) is 0 Å². The van der Waals surface area contributed by atoms with Crippen LogP contribution < -0.4 is 14.8 Å². The molecule has 0 aliphatic heterocycles. The summed E-state index contributed by atoms with van der Waals surface area (Å²) in [6.45, 7) is 0.754. The Kier molecular flexibility index (Phi) is 5.14. The van der Waals surface area contributed by atoms with Crippen molar-refractivity contribution in [3.63, 3.8) is 0 Å². The Morgan fingerprint density at radius 1 is 1.25 bits per heavy atom. The molecule has 6 nitrogen and oxygen atoms in total. The molecule has 0 saturated carbocycles. The number of ether oxygens (including phenoxy) is 2. The Hall–Kier alpha value is -2.34. The van der Waals surface area contributed by atoms with E-state index < -0.39 is 0 Å². The Morgan fingerprint density at radius 3 is 2.85 bits per heavy atom. The van der Waals surface area contributed by atoms with Gasteiger partial charge in [0.15, 0.2) is 11.5 Å². The summed E-state index contributed by atoms with van der Waals surface area (Å²) in [6, 6.07) is 5.53. The molecule has 1 heterocycles. The molecule has 6 heteroatoms. The summed E-state index contributed by atoms with van der Waals surface area (Å²) in [7, 11) is 1.58. The Morgan fingerprint density at radius 2 is 2.15 bits per heavy atom. The predicted molar refractivity (Wildman–Crippen MR) is 74.9 cm³/mol. The summed E-state index contributed by atoms with van der Waals surface area (Å²) in [5.74, 6) is 1.22. The number of nitrogens with zero attached hydrogens (tertiary/aromatic N) is 2. The second-order valence-electron chi connectivity index (χ2n) is 3.99. The molecule has 0 spiro atoms. The van der Waals surface area contributed by atoms with Gasteiger partial charge in [-0.3, -0.25) is 9.97 Å². The zero-order valence-electron chi connectivity index (χ0n) is 11.2. The van der Waals surface area contributed by atoms with Crippen LogP contribution in [0.5, 0.6) is 11.5 Å². The minimum Gasteiger partial charge on any atom is -0.493 e. The Bertz CT molecular complexity index is 534. The van der Waals surface area contributed by atoms with Gasteiger partial charge in [0.2, 0.25) is 0 Å². The molecular weight excluding hydrogens is 258 g/mol. The SMILES string of the molecule is COc1ccc(NCc2cnccn2)cc1OCCO. The van der Waals surface area contributed by atoms with Crippen LogP contribution in [0.3, 0.4) is 0 Å². The molecule has 0 saturated heterocycles. The van der Waals surface area contributed by atoms with E-state index in [1.165, 1.54) is 0 Å². The van der Waals surface area contributed by atoms with Gasteiger partial charge in [0.1, 0.15) is 6.61 Å². The first kappa shape index (κ1) is 14.1. The van der Waals surface area contributed by atoms with Gasteiger partial charge in [0.05, 0.1) is 32.2 Å². The Balaban J connectivity index is 2.04. The van der Waals surface area contributed by atoms with E-state index in [-0.39, 0.29) is 13.2 Å². The lowest BCUT2D eigenvalue weighted by Gasteiger charge is -2.12. The lowest BCUT2D eigenvalue weighted by atomic mass is 10.2. The van der Waals surface area contributed by atoms with Crippen LogP contribution in [0.1, 0.15) is 5.69 Å². The molecule has 20 heavy (non-hydrogen) atoms. The smallest absolute Gasteiger partial charge is 0.163 e. The molecule has 0 radical (unpaired) electrons. The molecule has 0 fully saturated rings. The Labute approximate surface area is 117 Å². The van der Waals surface area contributed by atoms with Crippen molar-refractivity contribution in [3.05, 3.63) is 42.5 Å². The van der Waals surface area contributed by atoms with Crippen LogP contribution >= 0.6 is 0 Å². The topological polar surface area (TPSA) is 76.5 Å². The molecule has 0 unspecified atom stereocenters. The summed E-state index contributed by atoms with van der Waals surface area (Å²) in [5, 5.41) is 12.0. The molecule has 0 bridgehead atoms. The number of benzene rings is 1. The average molecular weight is 275 g/mol. The van der Waals surface area contributed by atoms with Gasteiger partial charge in [0, 0.05) is 24.1 Å². The van der Waals surface area contributed by atoms with Crippen LogP contribution in [0.4, 0.5) is 5.69 Å². The molecule has 0 aliphatic rings. The summed E-state index contributed by atoms with van der Waals surface area (Å²) >= 11 is 0. The number of rotatable bonds is 7. The molecule has 0 atom stereocenters. The van der Waals surface area contributed by atoms with Gasteiger partial charge in [-0.1, -0.05) is 0 Å². The van der Waals surface area contributed by atoms with Gasteiger partial charge in [-0.15, -0.1) is 0 Å². The number of anilines is 1. The van der Waals surface area contributed by atoms with Crippen molar-refractivity contribution in [2.24, 2.45) is 0 Å². The molecule has 2 aromatic rings. The number of hydrogen-bond donors (Lipinski definition) is 2. The summed E-state index contributed by atoms with van der Waals surface area (Å²) in [5.41, 5.74) is 1.73. The van der Waals surface area contributed by atoms with Gasteiger partial charge < -0.3 is 19.9 Å². The number of methoxy groups -OCH3 is 1. The van der Waals surface area contributed by atoms with Gasteiger partial charge >= 0.3 is 0 Å². The first-order valence-electron chi connectivity index (χ1n) is 6.24. The fraction of sp³-hybridized carbons (Fsp3) is 0.286. The van der Waals surface area contributed by atoms with Crippen molar-refractivity contribution in [2.45, 2.75) is 6.54 Å². The fourth-order valence-electron chi connectivity index (χ4n) is 1.67. The molecular formula is C14H17N3O3. The largest absolute Gasteiger partial charge is 0.493 e. The predicted octanol–water partition coefficient (Wildman–Crippen LogP) is 1.47. The van der Waals surface area contributed by atoms with Crippen molar-refractivity contribution in [2.75, 3.05) is 25.6 Å². The zero-order valence-corrected chi connectivity index (χ0v) is 11.2. The summed E-state index contributed by atoms with van der Waals surface area (Å²) in [4.78, 5) is 8.19. The van der Waals surface area contributed by atoms with E-state index in [4.69, 9.17) is 14.6 Å². The van der Waals surface area contributed by atoms with Gasteiger partial charge in [-0.05, 0) is 12.1 Å². The highest BCUT2D eigenvalue weighted by Gasteiger charge is 2.06. The second-order valence-corrected chi connectivity index (χ2v) is 3.99. The van der Waals surface area contributed by atoms with Crippen LogP contribution in [-0.2, 0) is 6.54 Å². The second kappa shape index (κ2) is 7.30. The quantitative estimate of drug-likeness (QED) is 0.797. The molecule has 1 aromatic carbocycles. The number of aliphatic hydroxyl groups is 1. The van der Waals surface area contributed by atoms with Crippen LogP contribution in [-0.4, -0.2) is 35.4 Å². The third kappa shape index (κ3) is 3.83. The van der Waals surface area contributed by atoms with Gasteiger partial charge in [-0.25, -0.2) is 0 Å². The van der Waals surface area contributed by atoms with E-state index in [2.05, 4.69) is 15.3 Å². The monoisotopic (exact) mass is 275 g/mol. The summed E-state index contributed by atoms with van der Waals surface area (Å²) in [6.07, 6.45) is 5.00. The van der Waals surface area contributed by atoms with E-state index >= 15 is 0 Å². The highest BCUT2D eigenvalue weighted by atomic mass is 16.5. The van der Waals surface area contributed by atoms with E-state index in [1.54, 1.807) is 25.7 Å². The van der Waals surface area contributed by atoms with Gasteiger partial charge in [0.25, 0.3) is 0 Å².